The number of aromatic nitrogens is 2. The van der Waals surface area contributed by atoms with Gasteiger partial charge in [0.15, 0.2) is 5.82 Å². The summed E-state index contributed by atoms with van der Waals surface area (Å²) < 4.78 is 41.2. The van der Waals surface area contributed by atoms with Crippen LogP contribution in [0.1, 0.15) is 11.4 Å². The molecule has 0 bridgehead atoms. The summed E-state index contributed by atoms with van der Waals surface area (Å²) in [6, 6.07) is 4.94. The number of hydrogen-bond donors (Lipinski definition) is 1. The van der Waals surface area contributed by atoms with E-state index in [0.29, 0.717) is 11.3 Å². The molecule has 2 aromatic rings. The van der Waals surface area contributed by atoms with Crippen LogP contribution in [0.5, 0.6) is 0 Å². The molecule has 0 unspecified atom stereocenters. The van der Waals surface area contributed by atoms with Gasteiger partial charge in [0.1, 0.15) is 6.42 Å². The number of nitrogen functional groups attached to an aromatic ring is 1. The minimum absolute atomic E-state index is 0.0531. The Balaban J connectivity index is 2.26. The molecule has 0 atom stereocenters. The monoisotopic (exact) mass is 257 g/mol. The highest BCUT2D eigenvalue weighted by molar-refractivity contribution is 5.60. The van der Waals surface area contributed by atoms with E-state index in [4.69, 9.17) is 10.3 Å². The van der Waals surface area contributed by atoms with Gasteiger partial charge < -0.3 is 10.3 Å². The van der Waals surface area contributed by atoms with Crippen molar-refractivity contribution in [3.05, 3.63) is 29.6 Å². The Morgan fingerprint density at radius 1 is 1.33 bits per heavy atom. The molecule has 0 aliphatic heterocycles. The Hall–Kier alpha value is -2.05. The van der Waals surface area contributed by atoms with Crippen LogP contribution in [0.2, 0.25) is 0 Å². The first-order valence-corrected chi connectivity index (χ1v) is 5.11. The maximum atomic E-state index is 12.1. The van der Waals surface area contributed by atoms with Gasteiger partial charge in [-0.25, -0.2) is 0 Å². The molecule has 1 aromatic heterocycles. The van der Waals surface area contributed by atoms with Crippen molar-refractivity contribution in [2.24, 2.45) is 0 Å². The van der Waals surface area contributed by atoms with E-state index >= 15 is 0 Å². The van der Waals surface area contributed by atoms with Gasteiger partial charge in [0, 0.05) is 11.3 Å². The lowest BCUT2D eigenvalue weighted by molar-refractivity contribution is -0.128. The molecule has 0 aliphatic carbocycles. The lowest BCUT2D eigenvalue weighted by Gasteiger charge is -2.01. The number of rotatable bonds is 2. The molecule has 1 heterocycles. The predicted octanol–water partition coefficient (Wildman–Crippen LogP) is 2.73. The van der Waals surface area contributed by atoms with Gasteiger partial charge in [-0.1, -0.05) is 5.16 Å². The Kier molecular flexibility index (Phi) is 2.98. The summed E-state index contributed by atoms with van der Waals surface area (Å²) in [5, 5.41) is 3.29. The van der Waals surface area contributed by atoms with Crippen LogP contribution in [-0.4, -0.2) is 16.3 Å². The molecule has 0 radical (unpaired) electrons. The van der Waals surface area contributed by atoms with Crippen LogP contribution >= 0.6 is 0 Å². The topological polar surface area (TPSA) is 64.9 Å². The van der Waals surface area contributed by atoms with E-state index in [1.165, 1.54) is 0 Å². The number of benzene rings is 1. The number of anilines is 1. The first-order chi connectivity index (χ1) is 8.35. The van der Waals surface area contributed by atoms with Crippen LogP contribution in [0.25, 0.3) is 11.5 Å². The Morgan fingerprint density at radius 3 is 2.67 bits per heavy atom. The molecule has 7 heteroatoms. The number of nitrogens with two attached hydrogens (primary N) is 1. The first kappa shape index (κ1) is 12.4. The third kappa shape index (κ3) is 2.79. The van der Waals surface area contributed by atoms with E-state index in [1.54, 1.807) is 25.1 Å². The summed E-state index contributed by atoms with van der Waals surface area (Å²) in [4.78, 5) is 3.70. The van der Waals surface area contributed by atoms with E-state index in [2.05, 4.69) is 10.1 Å². The van der Waals surface area contributed by atoms with Gasteiger partial charge in [-0.3, -0.25) is 0 Å². The second kappa shape index (κ2) is 4.32. The number of aryl methyl sites for hydroxylation is 1. The molecule has 2 N–H and O–H groups in total. The average Bonchev–Trinajstić information content (AvgIpc) is 2.68. The molecular formula is C11H10F3N3O. The maximum absolute atomic E-state index is 12.1. The van der Waals surface area contributed by atoms with Crippen LogP contribution in [-0.2, 0) is 6.42 Å². The largest absolute Gasteiger partial charge is 0.399 e. The molecule has 4 nitrogen and oxygen atoms in total. The Morgan fingerprint density at radius 2 is 2.06 bits per heavy atom. The molecule has 0 amide bonds. The first-order valence-electron chi connectivity index (χ1n) is 5.11. The summed E-state index contributed by atoms with van der Waals surface area (Å²) in [6.07, 6.45) is -5.55. The van der Waals surface area contributed by atoms with Gasteiger partial charge in [0.2, 0.25) is 0 Å². The summed E-state index contributed by atoms with van der Waals surface area (Å²) in [5.74, 6) is -0.329. The molecule has 0 spiro atoms. The molecular weight excluding hydrogens is 247 g/mol. The van der Waals surface area contributed by atoms with Gasteiger partial charge >= 0.3 is 6.18 Å². The minimum atomic E-state index is -4.35. The predicted molar refractivity (Wildman–Crippen MR) is 58.6 cm³/mol. The van der Waals surface area contributed by atoms with Crippen molar-refractivity contribution < 1.29 is 17.7 Å². The normalized spacial score (nSPS) is 11.8. The van der Waals surface area contributed by atoms with Crippen molar-refractivity contribution in [1.82, 2.24) is 10.1 Å². The molecule has 0 saturated carbocycles. The Labute approximate surface area is 101 Å². The fourth-order valence-electron chi connectivity index (χ4n) is 1.43. The van der Waals surface area contributed by atoms with E-state index in [-0.39, 0.29) is 11.7 Å². The molecule has 0 saturated heterocycles. The molecule has 0 aliphatic rings. The quantitative estimate of drug-likeness (QED) is 0.840. The number of alkyl halides is 3. The molecule has 2 rings (SSSR count). The van der Waals surface area contributed by atoms with Gasteiger partial charge in [-0.05, 0) is 30.7 Å². The van der Waals surface area contributed by atoms with E-state index in [9.17, 15) is 13.2 Å². The summed E-state index contributed by atoms with van der Waals surface area (Å²) in [5.41, 5.74) is 7.57. The highest BCUT2D eigenvalue weighted by Gasteiger charge is 2.30. The third-order valence-electron chi connectivity index (χ3n) is 2.34. The van der Waals surface area contributed by atoms with Crippen molar-refractivity contribution in [1.29, 1.82) is 0 Å². The van der Waals surface area contributed by atoms with E-state index in [1.807, 2.05) is 0 Å². The van der Waals surface area contributed by atoms with Crippen molar-refractivity contribution in [3.63, 3.8) is 0 Å². The SMILES string of the molecule is Cc1cc(-c2nc(CC(F)(F)F)no2)ccc1N. The highest BCUT2D eigenvalue weighted by atomic mass is 19.4. The molecule has 96 valence electrons. The maximum Gasteiger partial charge on any atom is 0.396 e. The van der Waals surface area contributed by atoms with Gasteiger partial charge in [0.25, 0.3) is 5.89 Å². The minimum Gasteiger partial charge on any atom is -0.399 e. The fraction of sp³-hybridized carbons (Fsp3) is 0.273. The number of nitrogens with zero attached hydrogens (tertiary/aromatic N) is 2. The third-order valence-corrected chi connectivity index (χ3v) is 2.34. The van der Waals surface area contributed by atoms with Crippen molar-refractivity contribution in [3.8, 4) is 11.5 Å². The second-order valence-electron chi connectivity index (χ2n) is 3.88. The number of hydrogen-bond acceptors (Lipinski definition) is 4. The van der Waals surface area contributed by atoms with Crippen molar-refractivity contribution in [2.45, 2.75) is 19.5 Å². The summed E-state index contributed by atoms with van der Waals surface area (Å²) in [6.45, 7) is 1.78. The lowest BCUT2D eigenvalue weighted by atomic mass is 10.1. The molecule has 1 aromatic carbocycles. The summed E-state index contributed by atoms with van der Waals surface area (Å²) in [7, 11) is 0. The standard InChI is InChI=1S/C11H10F3N3O/c1-6-4-7(2-3-8(6)15)10-16-9(17-18-10)5-11(12,13)14/h2-4H,5,15H2,1H3. The fourth-order valence-corrected chi connectivity index (χ4v) is 1.43. The molecule has 18 heavy (non-hydrogen) atoms. The van der Waals surface area contributed by atoms with Crippen LogP contribution in [0, 0.1) is 6.92 Å². The summed E-state index contributed by atoms with van der Waals surface area (Å²) >= 11 is 0. The van der Waals surface area contributed by atoms with Gasteiger partial charge in [-0.15, -0.1) is 0 Å². The zero-order valence-corrected chi connectivity index (χ0v) is 9.45. The van der Waals surface area contributed by atoms with Gasteiger partial charge in [0.05, 0.1) is 0 Å². The van der Waals surface area contributed by atoms with E-state index in [0.717, 1.165) is 5.56 Å². The van der Waals surface area contributed by atoms with Gasteiger partial charge in [-0.2, -0.15) is 18.2 Å². The van der Waals surface area contributed by atoms with Crippen molar-refractivity contribution in [2.75, 3.05) is 5.73 Å². The smallest absolute Gasteiger partial charge is 0.396 e. The van der Waals surface area contributed by atoms with Crippen molar-refractivity contribution >= 4 is 5.69 Å². The lowest BCUT2D eigenvalue weighted by Crippen LogP contribution is -2.12. The second-order valence-corrected chi connectivity index (χ2v) is 3.88. The zero-order valence-electron chi connectivity index (χ0n) is 9.45. The van der Waals surface area contributed by atoms with Crippen LogP contribution in [0.3, 0.4) is 0 Å². The van der Waals surface area contributed by atoms with Crippen LogP contribution < -0.4 is 5.73 Å². The zero-order chi connectivity index (χ0) is 13.3. The van der Waals surface area contributed by atoms with Crippen LogP contribution in [0.4, 0.5) is 18.9 Å². The van der Waals surface area contributed by atoms with Crippen LogP contribution in [0.15, 0.2) is 22.7 Å². The Bertz CT molecular complexity index is 563. The van der Waals surface area contributed by atoms with E-state index < -0.39 is 12.6 Å². The molecule has 0 fully saturated rings. The number of halogens is 3. The highest BCUT2D eigenvalue weighted by Crippen LogP contribution is 2.24. The average molecular weight is 257 g/mol.